The normalized spacial score (nSPS) is 13.2. The molecule has 0 aliphatic rings. The van der Waals surface area contributed by atoms with Gasteiger partial charge >= 0.3 is 0 Å². The first-order valence-electron chi connectivity index (χ1n) is 8.10. The first-order valence-corrected chi connectivity index (χ1v) is 8.87. The molecule has 2 atom stereocenters. The number of hydrogen-bond donors (Lipinski definition) is 4. The Morgan fingerprint density at radius 1 is 1.21 bits per heavy atom. The number of halogens is 2. The summed E-state index contributed by atoms with van der Waals surface area (Å²) in [4.78, 5) is 24.8. The van der Waals surface area contributed by atoms with E-state index in [-0.39, 0.29) is 5.56 Å². The van der Waals surface area contributed by atoms with Crippen molar-refractivity contribution in [1.29, 1.82) is 0 Å². The molecule has 7 nitrogen and oxygen atoms in total. The Balaban J connectivity index is 2.10. The molecule has 0 fully saturated rings. The quantitative estimate of drug-likeness (QED) is 0.330. The van der Waals surface area contributed by atoms with Gasteiger partial charge in [-0.3, -0.25) is 14.8 Å². The van der Waals surface area contributed by atoms with E-state index in [0.717, 1.165) is 11.8 Å². The van der Waals surface area contributed by atoms with Crippen LogP contribution in [-0.2, 0) is 4.79 Å². The number of benzene rings is 1. The molecular formula is C19H16F2N4O3S. The molecule has 10 heteroatoms. The summed E-state index contributed by atoms with van der Waals surface area (Å²) in [5.74, 6) is 8.87. The van der Waals surface area contributed by atoms with E-state index in [1.54, 1.807) is 12.3 Å². The Morgan fingerprint density at radius 3 is 2.41 bits per heavy atom. The van der Waals surface area contributed by atoms with Crippen molar-refractivity contribution < 1.29 is 23.6 Å². The number of hydrogen-bond acceptors (Lipinski definition) is 6. The number of rotatable bonds is 5. The van der Waals surface area contributed by atoms with Crippen molar-refractivity contribution in [3.63, 3.8) is 0 Å². The summed E-state index contributed by atoms with van der Waals surface area (Å²) < 4.78 is 30.2. The fourth-order valence-electron chi connectivity index (χ4n) is 2.09. The van der Waals surface area contributed by atoms with Crippen LogP contribution in [0.25, 0.3) is 0 Å². The predicted octanol–water partition coefficient (Wildman–Crippen LogP) is 1.13. The number of carbonyl (C=O) groups is 2. The third kappa shape index (κ3) is 5.83. The molecule has 0 saturated heterocycles. The smallest absolute Gasteiger partial charge is 0.268 e. The molecule has 2 unspecified atom stereocenters. The lowest BCUT2D eigenvalue weighted by molar-refractivity contribution is -0.134. The lowest BCUT2D eigenvalue weighted by Gasteiger charge is -2.32. The van der Waals surface area contributed by atoms with Crippen molar-refractivity contribution in [2.45, 2.75) is 24.9 Å². The summed E-state index contributed by atoms with van der Waals surface area (Å²) in [6.07, 6.45) is -1.50. The summed E-state index contributed by atoms with van der Waals surface area (Å²) in [7, 11) is 0. The van der Waals surface area contributed by atoms with Crippen LogP contribution in [0.2, 0.25) is 0 Å². The number of hydroxylamine groups is 1. The van der Waals surface area contributed by atoms with E-state index >= 15 is 0 Å². The maximum absolute atomic E-state index is 13.1. The van der Waals surface area contributed by atoms with E-state index < -0.39 is 29.8 Å². The van der Waals surface area contributed by atoms with Gasteiger partial charge in [-0.15, -0.1) is 0 Å². The van der Waals surface area contributed by atoms with Gasteiger partial charge in [0.2, 0.25) is 0 Å². The van der Waals surface area contributed by atoms with Crippen LogP contribution in [0.5, 0.6) is 0 Å². The standard InChI is InChI=1S/C19H16F2N4O3S/c1-19(22,18(20)21)15(17(27)25-28)24-16(26)13-8-6-12(7-9-13)4-2-3-5-14-10-11-23-29-14/h6-11,15,18,28H,22H2,1H3,(H,24,26)(H,25,27). The zero-order valence-electron chi connectivity index (χ0n) is 15.1. The van der Waals surface area contributed by atoms with Gasteiger partial charge in [0.05, 0.1) is 4.88 Å². The zero-order chi connectivity index (χ0) is 21.4. The van der Waals surface area contributed by atoms with E-state index in [0.29, 0.717) is 5.56 Å². The number of aromatic nitrogens is 1. The second-order valence-corrected chi connectivity index (χ2v) is 6.84. The minimum atomic E-state index is -3.13. The number of nitrogens with one attached hydrogen (secondary N) is 2. The van der Waals surface area contributed by atoms with Crippen molar-refractivity contribution in [1.82, 2.24) is 15.2 Å². The van der Waals surface area contributed by atoms with Gasteiger partial charge in [0, 0.05) is 17.3 Å². The van der Waals surface area contributed by atoms with Crippen LogP contribution in [0.1, 0.15) is 27.7 Å². The van der Waals surface area contributed by atoms with Crippen molar-refractivity contribution in [3.05, 3.63) is 52.5 Å². The van der Waals surface area contributed by atoms with Crippen molar-refractivity contribution in [2.24, 2.45) is 5.73 Å². The molecule has 0 saturated carbocycles. The highest BCUT2D eigenvalue weighted by Crippen LogP contribution is 2.18. The first-order chi connectivity index (χ1) is 13.8. The van der Waals surface area contributed by atoms with Gasteiger partial charge in [-0.05, 0) is 66.5 Å². The fraction of sp³-hybridized carbons (Fsp3) is 0.211. The average molecular weight is 418 g/mol. The molecule has 0 aliphatic carbocycles. The monoisotopic (exact) mass is 418 g/mol. The fourth-order valence-corrected chi connectivity index (χ4v) is 2.54. The summed E-state index contributed by atoms with van der Waals surface area (Å²) in [6.45, 7) is 0.893. The first kappa shape index (κ1) is 22.0. The van der Waals surface area contributed by atoms with Crippen molar-refractivity contribution in [2.75, 3.05) is 0 Å². The highest BCUT2D eigenvalue weighted by molar-refractivity contribution is 7.06. The minimum Gasteiger partial charge on any atom is -0.338 e. The maximum Gasteiger partial charge on any atom is 0.268 e. The summed E-state index contributed by atoms with van der Waals surface area (Å²) in [5, 5.41) is 10.9. The third-order valence-corrected chi connectivity index (χ3v) is 4.44. The van der Waals surface area contributed by atoms with Crippen LogP contribution in [0.15, 0.2) is 36.5 Å². The van der Waals surface area contributed by atoms with Gasteiger partial charge in [0.15, 0.2) is 0 Å². The lowest BCUT2D eigenvalue weighted by atomic mass is 9.92. The molecule has 150 valence electrons. The zero-order valence-corrected chi connectivity index (χ0v) is 15.9. The Bertz CT molecular complexity index is 984. The van der Waals surface area contributed by atoms with Gasteiger partial charge in [-0.1, -0.05) is 5.92 Å². The third-order valence-electron chi connectivity index (χ3n) is 3.78. The van der Waals surface area contributed by atoms with Crippen LogP contribution in [0, 0.1) is 23.7 Å². The highest BCUT2D eigenvalue weighted by Gasteiger charge is 2.44. The predicted molar refractivity (Wildman–Crippen MR) is 102 cm³/mol. The molecule has 2 rings (SSSR count). The van der Waals surface area contributed by atoms with Gasteiger partial charge in [-0.25, -0.2) is 14.3 Å². The van der Waals surface area contributed by atoms with E-state index in [2.05, 4.69) is 33.4 Å². The summed E-state index contributed by atoms with van der Waals surface area (Å²) in [6, 6.07) is 5.78. The van der Waals surface area contributed by atoms with Crippen LogP contribution < -0.4 is 16.5 Å². The Hall–Kier alpha value is -3.31. The molecule has 0 spiro atoms. The topological polar surface area (TPSA) is 117 Å². The second kappa shape index (κ2) is 9.75. The number of amides is 2. The van der Waals surface area contributed by atoms with E-state index in [4.69, 9.17) is 10.9 Å². The number of alkyl halides is 2. The molecule has 5 N–H and O–H groups in total. The summed E-state index contributed by atoms with van der Waals surface area (Å²) in [5.41, 5.74) is 4.95. The van der Waals surface area contributed by atoms with E-state index in [1.165, 1.54) is 41.3 Å². The molecule has 0 radical (unpaired) electrons. The Kier molecular flexibility index (Phi) is 7.39. The Morgan fingerprint density at radius 2 is 1.86 bits per heavy atom. The minimum absolute atomic E-state index is 0.0899. The average Bonchev–Trinajstić information content (AvgIpc) is 3.22. The van der Waals surface area contributed by atoms with Crippen molar-refractivity contribution >= 4 is 23.3 Å². The molecule has 0 bridgehead atoms. The van der Waals surface area contributed by atoms with Crippen LogP contribution in [-0.4, -0.2) is 39.4 Å². The number of nitrogens with zero attached hydrogens (tertiary/aromatic N) is 1. The number of carbonyl (C=O) groups excluding carboxylic acids is 2. The van der Waals surface area contributed by atoms with Gasteiger partial charge in [0.1, 0.15) is 11.6 Å². The molecule has 1 aromatic heterocycles. The molecular weight excluding hydrogens is 402 g/mol. The molecule has 1 heterocycles. The van der Waals surface area contributed by atoms with Gasteiger partial charge in [0.25, 0.3) is 18.2 Å². The SMILES string of the molecule is CC(N)(C(F)F)C(NC(=O)c1ccc(C#CC#Cc2ccns2)cc1)C(=O)NO. The molecule has 29 heavy (non-hydrogen) atoms. The van der Waals surface area contributed by atoms with Crippen LogP contribution >= 0.6 is 11.5 Å². The second-order valence-electron chi connectivity index (χ2n) is 6.00. The Labute approximate surface area is 169 Å². The molecule has 0 aliphatic heterocycles. The summed E-state index contributed by atoms with van der Waals surface area (Å²) >= 11 is 1.25. The highest BCUT2D eigenvalue weighted by atomic mass is 32.1. The van der Waals surface area contributed by atoms with Gasteiger partial charge < -0.3 is 11.1 Å². The molecule has 2 aromatic rings. The van der Waals surface area contributed by atoms with E-state index in [1.807, 2.05) is 0 Å². The van der Waals surface area contributed by atoms with E-state index in [9.17, 15) is 18.4 Å². The lowest BCUT2D eigenvalue weighted by Crippen LogP contribution is -2.66. The maximum atomic E-state index is 13.1. The van der Waals surface area contributed by atoms with Crippen molar-refractivity contribution in [3.8, 4) is 23.7 Å². The molecule has 2 amide bonds. The van der Waals surface area contributed by atoms with Crippen LogP contribution in [0.3, 0.4) is 0 Å². The van der Waals surface area contributed by atoms with Gasteiger partial charge in [-0.2, -0.15) is 4.37 Å². The van der Waals surface area contributed by atoms with Crippen LogP contribution in [0.4, 0.5) is 8.78 Å². The largest absolute Gasteiger partial charge is 0.338 e. The number of nitrogens with two attached hydrogens (primary N) is 1. The molecule has 1 aromatic carbocycles.